The second-order valence-corrected chi connectivity index (χ2v) is 5.64. The molecule has 0 spiro atoms. The SMILES string of the molecule is Cc1c(NN)nc(C(C)C)nc1Sc1ccccc1. The minimum Gasteiger partial charge on any atom is -0.308 e. The molecule has 0 aliphatic rings. The van der Waals surface area contributed by atoms with Gasteiger partial charge in [-0.1, -0.05) is 43.8 Å². The molecule has 4 nitrogen and oxygen atoms in total. The van der Waals surface area contributed by atoms with E-state index in [1.54, 1.807) is 11.8 Å². The monoisotopic (exact) mass is 274 g/mol. The number of nitrogens with two attached hydrogens (primary N) is 1. The van der Waals surface area contributed by atoms with Crippen molar-refractivity contribution in [3.05, 3.63) is 41.7 Å². The number of hydrazine groups is 1. The summed E-state index contributed by atoms with van der Waals surface area (Å²) in [6.07, 6.45) is 0. The van der Waals surface area contributed by atoms with Crippen LogP contribution in [0.1, 0.15) is 31.2 Å². The van der Waals surface area contributed by atoms with Gasteiger partial charge in [-0.15, -0.1) is 0 Å². The van der Waals surface area contributed by atoms with E-state index < -0.39 is 0 Å². The zero-order valence-electron chi connectivity index (χ0n) is 11.3. The Hall–Kier alpha value is -1.59. The van der Waals surface area contributed by atoms with Crippen LogP contribution >= 0.6 is 11.8 Å². The predicted molar refractivity (Wildman–Crippen MR) is 79.2 cm³/mol. The molecular weight excluding hydrogens is 256 g/mol. The number of aromatic nitrogens is 2. The molecule has 2 aromatic rings. The normalized spacial score (nSPS) is 10.8. The number of nitrogens with one attached hydrogen (secondary N) is 1. The van der Waals surface area contributed by atoms with Crippen molar-refractivity contribution in [3.63, 3.8) is 0 Å². The van der Waals surface area contributed by atoms with Gasteiger partial charge in [0.2, 0.25) is 0 Å². The van der Waals surface area contributed by atoms with Crippen LogP contribution in [0.4, 0.5) is 5.82 Å². The van der Waals surface area contributed by atoms with Gasteiger partial charge >= 0.3 is 0 Å². The van der Waals surface area contributed by atoms with Crippen molar-refractivity contribution in [1.29, 1.82) is 0 Å². The number of hydrogen-bond acceptors (Lipinski definition) is 5. The van der Waals surface area contributed by atoms with Crippen molar-refractivity contribution in [1.82, 2.24) is 9.97 Å². The molecule has 0 aliphatic heterocycles. The van der Waals surface area contributed by atoms with Gasteiger partial charge in [0.25, 0.3) is 0 Å². The van der Waals surface area contributed by atoms with Crippen LogP contribution in [-0.2, 0) is 0 Å². The minimum atomic E-state index is 0.267. The second kappa shape index (κ2) is 6.04. The van der Waals surface area contributed by atoms with Crippen LogP contribution in [0.3, 0.4) is 0 Å². The predicted octanol–water partition coefficient (Wildman–Crippen LogP) is 3.35. The highest BCUT2D eigenvalue weighted by molar-refractivity contribution is 7.99. The van der Waals surface area contributed by atoms with Crippen LogP contribution < -0.4 is 11.3 Å². The number of rotatable bonds is 4. The second-order valence-electron chi connectivity index (χ2n) is 4.57. The van der Waals surface area contributed by atoms with E-state index in [4.69, 9.17) is 5.84 Å². The Morgan fingerprint density at radius 2 is 1.84 bits per heavy atom. The van der Waals surface area contributed by atoms with E-state index in [0.29, 0.717) is 5.82 Å². The zero-order valence-corrected chi connectivity index (χ0v) is 12.2. The summed E-state index contributed by atoms with van der Waals surface area (Å²) >= 11 is 1.63. The van der Waals surface area contributed by atoms with Gasteiger partial charge < -0.3 is 5.43 Å². The van der Waals surface area contributed by atoms with Crippen molar-refractivity contribution in [2.75, 3.05) is 5.43 Å². The lowest BCUT2D eigenvalue weighted by molar-refractivity contribution is 0.749. The van der Waals surface area contributed by atoms with Crippen LogP contribution in [0.15, 0.2) is 40.3 Å². The fraction of sp³-hybridized carbons (Fsp3) is 0.286. The largest absolute Gasteiger partial charge is 0.308 e. The van der Waals surface area contributed by atoms with E-state index >= 15 is 0 Å². The van der Waals surface area contributed by atoms with Gasteiger partial charge in [-0.2, -0.15) is 0 Å². The molecule has 0 bridgehead atoms. The summed E-state index contributed by atoms with van der Waals surface area (Å²) < 4.78 is 0. The highest BCUT2D eigenvalue weighted by atomic mass is 32.2. The molecule has 1 heterocycles. The van der Waals surface area contributed by atoms with E-state index in [-0.39, 0.29) is 5.92 Å². The topological polar surface area (TPSA) is 63.8 Å². The van der Waals surface area contributed by atoms with E-state index in [2.05, 4.69) is 41.4 Å². The van der Waals surface area contributed by atoms with Gasteiger partial charge in [-0.05, 0) is 19.1 Å². The van der Waals surface area contributed by atoms with Crippen LogP contribution in [-0.4, -0.2) is 9.97 Å². The highest BCUT2D eigenvalue weighted by Crippen LogP contribution is 2.31. The molecule has 19 heavy (non-hydrogen) atoms. The Balaban J connectivity index is 2.41. The number of benzene rings is 1. The van der Waals surface area contributed by atoms with E-state index in [0.717, 1.165) is 21.3 Å². The molecule has 1 aromatic heterocycles. The molecule has 0 radical (unpaired) electrons. The highest BCUT2D eigenvalue weighted by Gasteiger charge is 2.13. The average molecular weight is 274 g/mol. The number of anilines is 1. The molecule has 0 atom stereocenters. The third kappa shape index (κ3) is 3.24. The van der Waals surface area contributed by atoms with Gasteiger partial charge in [0.1, 0.15) is 16.7 Å². The molecule has 100 valence electrons. The van der Waals surface area contributed by atoms with E-state index in [9.17, 15) is 0 Å². The van der Waals surface area contributed by atoms with Crippen LogP contribution in [0, 0.1) is 6.92 Å². The fourth-order valence-electron chi connectivity index (χ4n) is 1.61. The molecule has 0 amide bonds. The standard InChI is InChI=1S/C14H18N4S/c1-9(2)12-16-13(18-15)10(3)14(17-12)19-11-7-5-4-6-8-11/h4-9H,15H2,1-3H3,(H,16,17,18). The van der Waals surface area contributed by atoms with Crippen molar-refractivity contribution < 1.29 is 0 Å². The number of hydrogen-bond donors (Lipinski definition) is 2. The zero-order chi connectivity index (χ0) is 13.8. The smallest absolute Gasteiger partial charge is 0.147 e. The van der Waals surface area contributed by atoms with E-state index in [1.165, 1.54) is 0 Å². The van der Waals surface area contributed by atoms with Crippen molar-refractivity contribution in [3.8, 4) is 0 Å². The molecule has 0 saturated carbocycles. The molecule has 5 heteroatoms. The Kier molecular flexibility index (Phi) is 4.39. The lowest BCUT2D eigenvalue weighted by Crippen LogP contribution is -2.13. The maximum absolute atomic E-state index is 5.53. The van der Waals surface area contributed by atoms with Gasteiger partial charge in [0.05, 0.1) is 0 Å². The number of nitrogen functional groups attached to an aromatic ring is 1. The summed E-state index contributed by atoms with van der Waals surface area (Å²) in [5, 5.41) is 0.942. The van der Waals surface area contributed by atoms with E-state index in [1.807, 2.05) is 25.1 Å². The summed E-state index contributed by atoms with van der Waals surface area (Å²) in [7, 11) is 0. The van der Waals surface area contributed by atoms with Crippen LogP contribution in [0.2, 0.25) is 0 Å². The third-order valence-electron chi connectivity index (χ3n) is 2.73. The Bertz CT molecular complexity index is 555. The molecule has 1 aromatic carbocycles. The lowest BCUT2D eigenvalue weighted by Gasteiger charge is -2.13. The average Bonchev–Trinajstić information content (AvgIpc) is 2.42. The molecular formula is C14H18N4S. The Morgan fingerprint density at radius 1 is 1.16 bits per heavy atom. The van der Waals surface area contributed by atoms with Crippen molar-refractivity contribution in [2.45, 2.75) is 36.6 Å². The Labute approximate surface area is 117 Å². The summed E-state index contributed by atoms with van der Waals surface area (Å²) in [6, 6.07) is 10.2. The third-order valence-corrected chi connectivity index (χ3v) is 3.83. The maximum Gasteiger partial charge on any atom is 0.147 e. The Morgan fingerprint density at radius 3 is 2.42 bits per heavy atom. The first-order chi connectivity index (χ1) is 9.11. The van der Waals surface area contributed by atoms with Crippen molar-refractivity contribution >= 4 is 17.6 Å². The molecule has 2 rings (SSSR count). The van der Waals surface area contributed by atoms with Gasteiger partial charge in [0.15, 0.2) is 0 Å². The fourth-order valence-corrected chi connectivity index (χ4v) is 2.52. The summed E-state index contributed by atoms with van der Waals surface area (Å²) in [4.78, 5) is 10.2. The van der Waals surface area contributed by atoms with Crippen LogP contribution in [0.25, 0.3) is 0 Å². The number of nitrogens with zero attached hydrogens (tertiary/aromatic N) is 2. The maximum atomic E-state index is 5.53. The summed E-state index contributed by atoms with van der Waals surface area (Å²) in [5.74, 6) is 7.29. The lowest BCUT2D eigenvalue weighted by atomic mass is 10.2. The minimum absolute atomic E-state index is 0.267. The van der Waals surface area contributed by atoms with Gasteiger partial charge in [-0.3, -0.25) is 0 Å². The summed E-state index contributed by atoms with van der Waals surface area (Å²) in [6.45, 7) is 6.12. The van der Waals surface area contributed by atoms with Crippen LogP contribution in [0.5, 0.6) is 0 Å². The molecule has 3 N–H and O–H groups in total. The van der Waals surface area contributed by atoms with Crippen molar-refractivity contribution in [2.24, 2.45) is 5.84 Å². The summed E-state index contributed by atoms with van der Waals surface area (Å²) in [5.41, 5.74) is 3.63. The quantitative estimate of drug-likeness (QED) is 0.508. The molecule has 0 saturated heterocycles. The van der Waals surface area contributed by atoms with Gasteiger partial charge in [0, 0.05) is 16.4 Å². The first-order valence-electron chi connectivity index (χ1n) is 6.20. The first kappa shape index (κ1) is 13.8. The molecule has 0 fully saturated rings. The first-order valence-corrected chi connectivity index (χ1v) is 7.01. The molecule has 0 unspecified atom stereocenters. The molecule has 0 aliphatic carbocycles. The van der Waals surface area contributed by atoms with Gasteiger partial charge in [-0.25, -0.2) is 15.8 Å².